The van der Waals surface area contributed by atoms with Gasteiger partial charge >= 0.3 is 12.0 Å². The Morgan fingerprint density at radius 3 is 2.65 bits per heavy atom. The maximum absolute atomic E-state index is 11.7. The smallest absolute Gasteiger partial charge is 0.326 e. The predicted octanol–water partition coefficient (Wildman–Crippen LogP) is 1.14. The highest BCUT2D eigenvalue weighted by Gasteiger charge is 2.21. The van der Waals surface area contributed by atoms with E-state index in [9.17, 15) is 9.59 Å². The molecule has 0 saturated carbocycles. The third-order valence-corrected chi connectivity index (χ3v) is 2.74. The first kappa shape index (κ1) is 16.0. The molecule has 1 heterocycles. The number of nitrogens with zero attached hydrogens (tertiary/aromatic N) is 1. The van der Waals surface area contributed by atoms with Crippen molar-refractivity contribution >= 4 is 12.0 Å². The Kier molecular flexibility index (Phi) is 5.54. The summed E-state index contributed by atoms with van der Waals surface area (Å²) in [5.74, 6) is -1.08. The molecule has 0 aliphatic carbocycles. The van der Waals surface area contributed by atoms with Crippen molar-refractivity contribution in [3.63, 3.8) is 0 Å². The number of rotatable bonds is 6. The molecule has 7 nitrogen and oxygen atoms in total. The number of carboxylic acids is 1. The van der Waals surface area contributed by atoms with Gasteiger partial charge in [0.15, 0.2) is 0 Å². The Morgan fingerprint density at radius 1 is 1.45 bits per heavy atom. The molecule has 7 heteroatoms. The summed E-state index contributed by atoms with van der Waals surface area (Å²) < 4.78 is 0. The van der Waals surface area contributed by atoms with E-state index in [0.29, 0.717) is 12.2 Å². The van der Waals surface area contributed by atoms with Gasteiger partial charge in [-0.25, -0.2) is 14.6 Å². The van der Waals surface area contributed by atoms with E-state index in [-0.39, 0.29) is 11.8 Å². The average Bonchev–Trinajstić information content (AvgIpc) is 2.79. The SMILES string of the molecule is CC(C)(C)CCNC(=O)N[C@H](Cc1cnc[nH]1)C(=O)O. The molecule has 0 spiro atoms. The lowest BCUT2D eigenvalue weighted by atomic mass is 9.92. The maximum atomic E-state index is 11.7. The van der Waals surface area contributed by atoms with Crippen molar-refractivity contribution in [1.29, 1.82) is 0 Å². The molecule has 0 aromatic carbocycles. The summed E-state index contributed by atoms with van der Waals surface area (Å²) in [6.45, 7) is 6.73. The Morgan fingerprint density at radius 2 is 2.15 bits per heavy atom. The summed E-state index contributed by atoms with van der Waals surface area (Å²) in [6.07, 6.45) is 3.99. The summed E-state index contributed by atoms with van der Waals surface area (Å²) in [5, 5.41) is 14.2. The minimum atomic E-state index is -1.08. The van der Waals surface area contributed by atoms with Gasteiger partial charge in [0.05, 0.1) is 6.33 Å². The van der Waals surface area contributed by atoms with Crippen molar-refractivity contribution in [3.05, 3.63) is 18.2 Å². The summed E-state index contributed by atoms with van der Waals surface area (Å²) in [4.78, 5) is 29.4. The number of urea groups is 1. The zero-order valence-corrected chi connectivity index (χ0v) is 12.1. The second kappa shape index (κ2) is 6.93. The van der Waals surface area contributed by atoms with Crippen LogP contribution in [0.3, 0.4) is 0 Å². The predicted molar refractivity (Wildman–Crippen MR) is 74.3 cm³/mol. The average molecular weight is 282 g/mol. The van der Waals surface area contributed by atoms with E-state index < -0.39 is 18.0 Å². The number of aromatic nitrogens is 2. The normalized spacial score (nSPS) is 12.8. The molecule has 0 aliphatic rings. The number of hydrogen-bond donors (Lipinski definition) is 4. The zero-order valence-electron chi connectivity index (χ0n) is 12.1. The first-order valence-electron chi connectivity index (χ1n) is 6.52. The first-order valence-corrected chi connectivity index (χ1v) is 6.52. The Labute approximate surface area is 118 Å². The molecule has 0 saturated heterocycles. The van der Waals surface area contributed by atoms with E-state index in [1.807, 2.05) is 0 Å². The standard InChI is InChI=1S/C13H22N4O3/c1-13(2,3)4-5-15-12(20)17-10(11(18)19)6-9-7-14-8-16-9/h7-8,10H,4-6H2,1-3H3,(H,14,16)(H,18,19)(H2,15,17,20)/t10-/m1/s1. The summed E-state index contributed by atoms with van der Waals surface area (Å²) in [7, 11) is 0. The quantitative estimate of drug-likeness (QED) is 0.627. The minimum absolute atomic E-state index is 0.120. The molecular weight excluding hydrogens is 260 g/mol. The second-order valence-electron chi connectivity index (χ2n) is 5.88. The van der Waals surface area contributed by atoms with E-state index in [4.69, 9.17) is 5.11 Å². The van der Waals surface area contributed by atoms with Crippen molar-refractivity contribution < 1.29 is 14.7 Å². The van der Waals surface area contributed by atoms with Gasteiger partial charge in [-0.15, -0.1) is 0 Å². The Hall–Kier alpha value is -2.05. The van der Waals surface area contributed by atoms with Crippen molar-refractivity contribution in [3.8, 4) is 0 Å². The number of carbonyl (C=O) groups is 2. The molecule has 4 N–H and O–H groups in total. The molecule has 112 valence electrons. The molecule has 0 radical (unpaired) electrons. The van der Waals surface area contributed by atoms with Crippen LogP contribution >= 0.6 is 0 Å². The number of nitrogens with one attached hydrogen (secondary N) is 3. The Bertz CT molecular complexity index is 437. The third-order valence-electron chi connectivity index (χ3n) is 2.74. The number of carboxylic acid groups (broad SMARTS) is 1. The number of amides is 2. The van der Waals surface area contributed by atoms with E-state index in [1.54, 1.807) is 0 Å². The monoisotopic (exact) mass is 282 g/mol. The van der Waals surface area contributed by atoms with Gasteiger partial charge in [-0.1, -0.05) is 20.8 Å². The molecule has 1 aromatic heterocycles. The number of carbonyl (C=O) groups excluding carboxylic acids is 1. The van der Waals surface area contributed by atoms with Gasteiger partial charge in [-0.05, 0) is 11.8 Å². The highest BCUT2D eigenvalue weighted by atomic mass is 16.4. The molecule has 1 rings (SSSR count). The van der Waals surface area contributed by atoms with Crippen LogP contribution in [0.5, 0.6) is 0 Å². The first-order chi connectivity index (χ1) is 9.28. The highest BCUT2D eigenvalue weighted by Crippen LogP contribution is 2.16. The molecule has 1 aromatic rings. The fourth-order valence-electron chi connectivity index (χ4n) is 1.58. The fourth-order valence-corrected chi connectivity index (χ4v) is 1.58. The zero-order chi connectivity index (χ0) is 15.2. The Balaban J connectivity index is 2.41. The van der Waals surface area contributed by atoms with Crippen molar-refractivity contribution in [1.82, 2.24) is 20.6 Å². The van der Waals surface area contributed by atoms with Gasteiger partial charge in [-0.3, -0.25) is 0 Å². The summed E-state index contributed by atoms with van der Waals surface area (Å²) >= 11 is 0. The van der Waals surface area contributed by atoms with Crippen LogP contribution in [0.4, 0.5) is 4.79 Å². The molecule has 0 bridgehead atoms. The van der Waals surface area contributed by atoms with Crippen LogP contribution in [-0.4, -0.2) is 39.7 Å². The van der Waals surface area contributed by atoms with Gasteiger partial charge in [0, 0.05) is 24.9 Å². The largest absolute Gasteiger partial charge is 0.480 e. The molecular formula is C13H22N4O3. The van der Waals surface area contributed by atoms with Crippen LogP contribution in [0, 0.1) is 5.41 Å². The van der Waals surface area contributed by atoms with Gasteiger partial charge in [0.25, 0.3) is 0 Å². The van der Waals surface area contributed by atoms with E-state index in [2.05, 4.69) is 41.4 Å². The van der Waals surface area contributed by atoms with Gasteiger partial charge < -0.3 is 20.7 Å². The molecule has 0 fully saturated rings. The van der Waals surface area contributed by atoms with E-state index >= 15 is 0 Å². The molecule has 1 atom stereocenters. The maximum Gasteiger partial charge on any atom is 0.326 e. The molecule has 0 aliphatic heterocycles. The number of H-pyrrole nitrogens is 1. The summed E-state index contributed by atoms with van der Waals surface area (Å²) in [6, 6.07) is -1.45. The number of imidazole rings is 1. The lowest BCUT2D eigenvalue weighted by Gasteiger charge is -2.19. The van der Waals surface area contributed by atoms with Crippen LogP contribution in [-0.2, 0) is 11.2 Å². The summed E-state index contributed by atoms with van der Waals surface area (Å²) in [5.41, 5.74) is 0.780. The highest BCUT2D eigenvalue weighted by molar-refractivity contribution is 5.82. The van der Waals surface area contributed by atoms with Gasteiger partial charge in [-0.2, -0.15) is 0 Å². The number of hydrogen-bond acceptors (Lipinski definition) is 3. The number of aromatic amines is 1. The van der Waals surface area contributed by atoms with E-state index in [0.717, 1.165) is 6.42 Å². The van der Waals surface area contributed by atoms with Crippen LogP contribution in [0.25, 0.3) is 0 Å². The van der Waals surface area contributed by atoms with Crippen LogP contribution in [0.1, 0.15) is 32.9 Å². The molecule has 0 unspecified atom stereocenters. The van der Waals surface area contributed by atoms with Crippen LogP contribution < -0.4 is 10.6 Å². The van der Waals surface area contributed by atoms with Crippen molar-refractivity contribution in [2.45, 2.75) is 39.7 Å². The topological polar surface area (TPSA) is 107 Å². The minimum Gasteiger partial charge on any atom is -0.480 e. The van der Waals surface area contributed by atoms with Crippen molar-refractivity contribution in [2.75, 3.05) is 6.54 Å². The molecule has 2 amide bonds. The van der Waals surface area contributed by atoms with E-state index in [1.165, 1.54) is 12.5 Å². The van der Waals surface area contributed by atoms with Gasteiger partial charge in [0.2, 0.25) is 0 Å². The van der Waals surface area contributed by atoms with Gasteiger partial charge in [0.1, 0.15) is 6.04 Å². The third kappa shape index (κ3) is 6.21. The lowest BCUT2D eigenvalue weighted by molar-refractivity contribution is -0.139. The lowest BCUT2D eigenvalue weighted by Crippen LogP contribution is -2.47. The second-order valence-corrected chi connectivity index (χ2v) is 5.88. The fraction of sp³-hybridized carbons (Fsp3) is 0.615. The van der Waals surface area contributed by atoms with Crippen LogP contribution in [0.2, 0.25) is 0 Å². The number of aliphatic carboxylic acids is 1. The van der Waals surface area contributed by atoms with Crippen molar-refractivity contribution in [2.24, 2.45) is 5.41 Å². The molecule has 20 heavy (non-hydrogen) atoms. The van der Waals surface area contributed by atoms with Crippen LogP contribution in [0.15, 0.2) is 12.5 Å².